The highest BCUT2D eigenvalue weighted by atomic mass is 32.1. The van der Waals surface area contributed by atoms with E-state index in [1.54, 1.807) is 7.11 Å². The van der Waals surface area contributed by atoms with Crippen LogP contribution in [0.4, 0.5) is 0 Å². The number of nitrogens with one attached hydrogen (secondary N) is 1. The predicted octanol–water partition coefficient (Wildman–Crippen LogP) is 4.15. The molecule has 0 spiro atoms. The number of methoxy groups -OCH3 is 1. The van der Waals surface area contributed by atoms with Gasteiger partial charge in [0, 0.05) is 37.3 Å². The molecule has 0 amide bonds. The van der Waals surface area contributed by atoms with Crippen LogP contribution in [-0.2, 0) is 0 Å². The third-order valence-electron chi connectivity index (χ3n) is 7.53. The van der Waals surface area contributed by atoms with Gasteiger partial charge in [0.15, 0.2) is 5.11 Å². The van der Waals surface area contributed by atoms with Crippen molar-refractivity contribution in [2.75, 3.05) is 33.3 Å². The standard InChI is InChI=1S/C25H32N4OS/c1-3-17-16-29-13-9-18(17)14-23(29)24(27-25(31)28-11-4-5-12-28)20-8-10-26-22-7-6-19(30-2)15-21(20)22/h3,6-8,10,15,17-18,23-24H,1,4-5,9,11-14,16H2,2H3,(H,27,31)/t17?,18?,23?,24-/m0/s1. The number of fused-ring (bicyclic) bond motifs is 4. The summed E-state index contributed by atoms with van der Waals surface area (Å²) >= 11 is 5.90. The Kier molecular flexibility index (Phi) is 5.85. The van der Waals surface area contributed by atoms with Crippen LogP contribution < -0.4 is 10.1 Å². The van der Waals surface area contributed by atoms with Gasteiger partial charge in [0.25, 0.3) is 0 Å². The summed E-state index contributed by atoms with van der Waals surface area (Å²) in [6.45, 7) is 8.46. The van der Waals surface area contributed by atoms with E-state index in [0.29, 0.717) is 17.9 Å². The zero-order valence-corrected chi connectivity index (χ0v) is 19.1. The van der Waals surface area contributed by atoms with Crippen LogP contribution in [0.5, 0.6) is 5.75 Å². The van der Waals surface area contributed by atoms with E-state index in [1.807, 2.05) is 12.3 Å². The SMILES string of the molecule is C=CC1CN2CCC1CC2[C@@H](NC(=S)N1CCCC1)c1ccnc2ccc(OC)cc12. The molecule has 31 heavy (non-hydrogen) atoms. The first-order chi connectivity index (χ1) is 15.2. The Morgan fingerprint density at radius 3 is 2.84 bits per heavy atom. The van der Waals surface area contributed by atoms with E-state index >= 15 is 0 Å². The second kappa shape index (κ2) is 8.75. The number of hydrogen-bond donors (Lipinski definition) is 1. The quantitative estimate of drug-likeness (QED) is 0.561. The van der Waals surface area contributed by atoms with Gasteiger partial charge in [-0.1, -0.05) is 6.08 Å². The first-order valence-electron chi connectivity index (χ1n) is 11.5. The molecule has 164 valence electrons. The maximum absolute atomic E-state index is 5.90. The maximum atomic E-state index is 5.90. The number of pyridine rings is 1. The summed E-state index contributed by atoms with van der Waals surface area (Å²) in [7, 11) is 1.72. The number of aromatic nitrogens is 1. The van der Waals surface area contributed by atoms with Crippen molar-refractivity contribution in [1.82, 2.24) is 20.1 Å². The topological polar surface area (TPSA) is 40.6 Å². The first kappa shape index (κ1) is 20.7. The second-order valence-electron chi connectivity index (χ2n) is 9.15. The fraction of sp³-hybridized carbons (Fsp3) is 0.520. The molecule has 4 fully saturated rings. The lowest BCUT2D eigenvalue weighted by Gasteiger charge is -2.52. The molecule has 4 saturated heterocycles. The molecule has 6 rings (SSSR count). The smallest absolute Gasteiger partial charge is 0.169 e. The molecule has 2 bridgehead atoms. The normalized spacial score (nSPS) is 28.5. The number of ether oxygens (including phenoxy) is 1. The first-order valence-corrected chi connectivity index (χ1v) is 11.9. The number of thiocarbonyl (C=S) groups is 1. The number of nitrogens with zero attached hydrogens (tertiary/aromatic N) is 3. The fourth-order valence-corrected chi connectivity index (χ4v) is 6.10. The molecule has 0 radical (unpaired) electrons. The van der Waals surface area contributed by atoms with Crippen LogP contribution in [0.15, 0.2) is 43.1 Å². The minimum Gasteiger partial charge on any atom is -0.497 e. The van der Waals surface area contributed by atoms with Crippen LogP contribution in [0.1, 0.15) is 37.3 Å². The van der Waals surface area contributed by atoms with E-state index in [0.717, 1.165) is 47.9 Å². The highest BCUT2D eigenvalue weighted by molar-refractivity contribution is 7.80. The van der Waals surface area contributed by atoms with Gasteiger partial charge < -0.3 is 15.0 Å². The van der Waals surface area contributed by atoms with Crippen molar-refractivity contribution in [2.45, 2.75) is 37.8 Å². The number of hydrogen-bond acceptors (Lipinski definition) is 4. The summed E-state index contributed by atoms with van der Waals surface area (Å²) in [5.41, 5.74) is 2.26. The summed E-state index contributed by atoms with van der Waals surface area (Å²) < 4.78 is 5.54. The average Bonchev–Trinajstić information content (AvgIpc) is 3.37. The lowest BCUT2D eigenvalue weighted by Crippen LogP contribution is -2.58. The van der Waals surface area contributed by atoms with Crippen molar-refractivity contribution >= 4 is 28.2 Å². The Labute approximate surface area is 190 Å². The Morgan fingerprint density at radius 1 is 1.29 bits per heavy atom. The van der Waals surface area contributed by atoms with Crippen LogP contribution in [0, 0.1) is 11.8 Å². The Morgan fingerprint density at radius 2 is 2.13 bits per heavy atom. The zero-order valence-electron chi connectivity index (χ0n) is 18.3. The van der Waals surface area contributed by atoms with E-state index in [4.69, 9.17) is 17.0 Å². The van der Waals surface area contributed by atoms with Gasteiger partial charge in [-0.2, -0.15) is 0 Å². The number of piperidine rings is 3. The molecule has 4 unspecified atom stereocenters. The molecule has 5 heterocycles. The van der Waals surface area contributed by atoms with Crippen molar-refractivity contribution in [1.29, 1.82) is 0 Å². The molecule has 1 N–H and O–H groups in total. The van der Waals surface area contributed by atoms with Gasteiger partial charge in [-0.05, 0) is 86.1 Å². The fourth-order valence-electron chi connectivity index (χ4n) is 5.79. The Bertz CT molecular complexity index is 973. The van der Waals surface area contributed by atoms with E-state index in [-0.39, 0.29) is 6.04 Å². The molecule has 1 aromatic carbocycles. The zero-order chi connectivity index (χ0) is 21.4. The van der Waals surface area contributed by atoms with Gasteiger partial charge >= 0.3 is 0 Å². The average molecular weight is 437 g/mol. The second-order valence-corrected chi connectivity index (χ2v) is 9.54. The molecular weight excluding hydrogens is 404 g/mol. The maximum Gasteiger partial charge on any atom is 0.169 e. The minimum atomic E-state index is 0.124. The summed E-state index contributed by atoms with van der Waals surface area (Å²) in [5.74, 6) is 2.17. The number of rotatable bonds is 5. The molecular formula is C25H32N4OS. The van der Waals surface area contributed by atoms with Crippen LogP contribution in [0.3, 0.4) is 0 Å². The molecule has 5 atom stereocenters. The molecule has 2 aromatic rings. The van der Waals surface area contributed by atoms with Crippen LogP contribution in [-0.4, -0.2) is 59.2 Å². The largest absolute Gasteiger partial charge is 0.497 e. The summed E-state index contributed by atoms with van der Waals surface area (Å²) in [6.07, 6.45) is 8.98. The summed E-state index contributed by atoms with van der Waals surface area (Å²) in [5, 5.41) is 5.85. The third-order valence-corrected chi connectivity index (χ3v) is 7.90. The third kappa shape index (κ3) is 3.92. The van der Waals surface area contributed by atoms with Crippen molar-refractivity contribution in [3.8, 4) is 5.75 Å². The van der Waals surface area contributed by atoms with Gasteiger partial charge in [0.1, 0.15) is 5.75 Å². The molecule has 4 aliphatic heterocycles. The Hall–Kier alpha value is -2.18. The van der Waals surface area contributed by atoms with Crippen LogP contribution >= 0.6 is 12.2 Å². The predicted molar refractivity (Wildman–Crippen MR) is 129 cm³/mol. The number of benzene rings is 1. The molecule has 0 saturated carbocycles. The van der Waals surface area contributed by atoms with Crippen molar-refractivity contribution in [3.05, 3.63) is 48.7 Å². The molecule has 4 aliphatic rings. The van der Waals surface area contributed by atoms with Gasteiger partial charge in [-0.15, -0.1) is 6.58 Å². The monoisotopic (exact) mass is 436 g/mol. The lowest BCUT2D eigenvalue weighted by atomic mass is 9.73. The van der Waals surface area contributed by atoms with E-state index < -0.39 is 0 Å². The van der Waals surface area contributed by atoms with E-state index in [9.17, 15) is 0 Å². The highest BCUT2D eigenvalue weighted by Gasteiger charge is 2.43. The van der Waals surface area contributed by atoms with Crippen LogP contribution in [0.2, 0.25) is 0 Å². The summed E-state index contributed by atoms with van der Waals surface area (Å²) in [4.78, 5) is 9.61. The summed E-state index contributed by atoms with van der Waals surface area (Å²) in [6, 6.07) is 8.85. The van der Waals surface area contributed by atoms with Gasteiger partial charge in [-0.25, -0.2) is 0 Å². The van der Waals surface area contributed by atoms with Gasteiger partial charge in [0.05, 0.1) is 18.7 Å². The van der Waals surface area contributed by atoms with Gasteiger partial charge in [-0.3, -0.25) is 9.88 Å². The minimum absolute atomic E-state index is 0.124. The van der Waals surface area contributed by atoms with Gasteiger partial charge in [0.2, 0.25) is 0 Å². The number of likely N-dealkylation sites (tertiary alicyclic amines) is 1. The van der Waals surface area contributed by atoms with Crippen molar-refractivity contribution in [3.63, 3.8) is 0 Å². The van der Waals surface area contributed by atoms with Crippen LogP contribution in [0.25, 0.3) is 10.9 Å². The van der Waals surface area contributed by atoms with E-state index in [2.05, 4.69) is 51.0 Å². The molecule has 1 aromatic heterocycles. The molecule has 5 nitrogen and oxygen atoms in total. The Balaban J connectivity index is 1.54. The van der Waals surface area contributed by atoms with Crippen molar-refractivity contribution < 1.29 is 4.74 Å². The molecule has 0 aliphatic carbocycles. The van der Waals surface area contributed by atoms with E-state index in [1.165, 1.54) is 31.2 Å². The van der Waals surface area contributed by atoms with Crippen molar-refractivity contribution in [2.24, 2.45) is 11.8 Å². The molecule has 6 heteroatoms. The lowest BCUT2D eigenvalue weighted by molar-refractivity contribution is 0.00401. The highest BCUT2D eigenvalue weighted by Crippen LogP contribution is 2.42.